The van der Waals surface area contributed by atoms with Gasteiger partial charge in [0.2, 0.25) is 0 Å². The van der Waals surface area contributed by atoms with Crippen molar-refractivity contribution in [3.63, 3.8) is 0 Å². The van der Waals surface area contributed by atoms with Crippen LogP contribution in [0.25, 0.3) is 0 Å². The highest BCUT2D eigenvalue weighted by molar-refractivity contribution is 6.03. The first kappa shape index (κ1) is 14.8. The molecule has 1 saturated carbocycles. The number of benzene rings is 1. The van der Waals surface area contributed by atoms with Crippen LogP contribution in [-0.2, 0) is 4.79 Å². The number of nitrogens with one attached hydrogen (secondary N) is 1. The molecule has 0 spiro atoms. The van der Waals surface area contributed by atoms with Gasteiger partial charge in [-0.05, 0) is 25.8 Å². The quantitative estimate of drug-likeness (QED) is 0.603. The molecule has 8 heteroatoms. The fourth-order valence-electron chi connectivity index (χ4n) is 1.97. The van der Waals surface area contributed by atoms with Gasteiger partial charge < -0.3 is 15.2 Å². The monoisotopic (exact) mass is 294 g/mol. The minimum atomic E-state index is -1.32. The Morgan fingerprint density at radius 3 is 2.62 bits per heavy atom. The molecule has 1 aliphatic carbocycles. The molecule has 0 atom stereocenters. The molecule has 0 radical (unpaired) electrons. The van der Waals surface area contributed by atoms with Crippen molar-refractivity contribution in [2.24, 2.45) is 0 Å². The first-order valence-corrected chi connectivity index (χ1v) is 6.37. The van der Waals surface area contributed by atoms with E-state index in [1.54, 1.807) is 6.92 Å². The summed E-state index contributed by atoms with van der Waals surface area (Å²) < 4.78 is 5.23. The van der Waals surface area contributed by atoms with Crippen LogP contribution in [0.4, 0.5) is 5.69 Å². The van der Waals surface area contributed by atoms with Crippen LogP contribution in [0, 0.1) is 10.1 Å². The molecule has 8 nitrogen and oxygen atoms in total. The van der Waals surface area contributed by atoms with E-state index in [4.69, 9.17) is 9.84 Å². The third-order valence-corrected chi connectivity index (χ3v) is 3.24. The highest BCUT2D eigenvalue weighted by Gasteiger charge is 2.52. The molecule has 0 aliphatic heterocycles. The van der Waals surface area contributed by atoms with Crippen LogP contribution in [-0.4, -0.2) is 34.1 Å². The number of rotatable bonds is 6. The Bertz CT molecular complexity index is 609. The third kappa shape index (κ3) is 2.78. The highest BCUT2D eigenvalue weighted by Crippen LogP contribution is 2.37. The second kappa shape index (κ2) is 5.39. The van der Waals surface area contributed by atoms with Crippen molar-refractivity contribution in [1.82, 2.24) is 5.32 Å². The predicted molar refractivity (Wildman–Crippen MR) is 71.3 cm³/mol. The zero-order valence-corrected chi connectivity index (χ0v) is 11.3. The van der Waals surface area contributed by atoms with Gasteiger partial charge in [-0.2, -0.15) is 0 Å². The Morgan fingerprint density at radius 2 is 2.14 bits per heavy atom. The van der Waals surface area contributed by atoms with Crippen LogP contribution in [0.2, 0.25) is 0 Å². The lowest BCUT2D eigenvalue weighted by molar-refractivity contribution is -0.385. The van der Waals surface area contributed by atoms with E-state index in [0.29, 0.717) is 12.8 Å². The third-order valence-electron chi connectivity index (χ3n) is 3.24. The molecule has 1 fully saturated rings. The molecular weight excluding hydrogens is 280 g/mol. The molecule has 0 bridgehead atoms. The first-order valence-electron chi connectivity index (χ1n) is 6.37. The normalized spacial score (nSPS) is 15.1. The lowest BCUT2D eigenvalue weighted by atomic mass is 10.1. The molecule has 112 valence electrons. The molecule has 2 rings (SSSR count). The van der Waals surface area contributed by atoms with Crippen LogP contribution < -0.4 is 10.1 Å². The van der Waals surface area contributed by atoms with Gasteiger partial charge in [0.25, 0.3) is 11.6 Å². The van der Waals surface area contributed by atoms with Crippen molar-refractivity contribution in [1.29, 1.82) is 0 Å². The zero-order chi connectivity index (χ0) is 15.6. The van der Waals surface area contributed by atoms with Gasteiger partial charge >= 0.3 is 5.97 Å². The van der Waals surface area contributed by atoms with Crippen molar-refractivity contribution in [2.45, 2.75) is 25.3 Å². The average molecular weight is 294 g/mol. The Kier molecular flexibility index (Phi) is 3.79. The van der Waals surface area contributed by atoms with Crippen LogP contribution in [0.5, 0.6) is 5.75 Å². The average Bonchev–Trinajstić information content (AvgIpc) is 3.19. The molecule has 0 heterocycles. The van der Waals surface area contributed by atoms with E-state index in [9.17, 15) is 19.7 Å². The molecule has 2 N–H and O–H groups in total. The summed E-state index contributed by atoms with van der Waals surface area (Å²) in [5.41, 5.74) is -1.99. The summed E-state index contributed by atoms with van der Waals surface area (Å²) in [5.74, 6) is -1.90. The van der Waals surface area contributed by atoms with Gasteiger partial charge in [0.1, 0.15) is 11.3 Å². The minimum Gasteiger partial charge on any atom is -0.493 e. The van der Waals surface area contributed by atoms with Crippen LogP contribution >= 0.6 is 0 Å². The Hall–Kier alpha value is -2.64. The van der Waals surface area contributed by atoms with E-state index in [1.807, 2.05) is 0 Å². The van der Waals surface area contributed by atoms with Crippen molar-refractivity contribution >= 4 is 17.6 Å². The van der Waals surface area contributed by atoms with Crippen LogP contribution in [0.3, 0.4) is 0 Å². The summed E-state index contributed by atoms with van der Waals surface area (Å²) in [5, 5.41) is 22.5. The Morgan fingerprint density at radius 1 is 1.48 bits per heavy atom. The van der Waals surface area contributed by atoms with Crippen molar-refractivity contribution in [3.05, 3.63) is 33.9 Å². The van der Waals surface area contributed by atoms with E-state index < -0.39 is 28.0 Å². The number of hydrogen-bond acceptors (Lipinski definition) is 5. The topological polar surface area (TPSA) is 119 Å². The van der Waals surface area contributed by atoms with Crippen molar-refractivity contribution < 1.29 is 24.4 Å². The van der Waals surface area contributed by atoms with Gasteiger partial charge in [0.05, 0.1) is 11.5 Å². The summed E-state index contributed by atoms with van der Waals surface area (Å²) in [6.45, 7) is 1.91. The van der Waals surface area contributed by atoms with E-state index in [-0.39, 0.29) is 17.9 Å². The summed E-state index contributed by atoms with van der Waals surface area (Å²) in [7, 11) is 0. The van der Waals surface area contributed by atoms with E-state index in [1.165, 1.54) is 18.2 Å². The lowest BCUT2D eigenvalue weighted by Crippen LogP contribution is -2.43. The maximum absolute atomic E-state index is 12.3. The molecule has 1 aromatic rings. The predicted octanol–water partition coefficient (Wildman–Crippen LogP) is 1.34. The van der Waals surface area contributed by atoms with E-state index >= 15 is 0 Å². The van der Waals surface area contributed by atoms with Gasteiger partial charge in [0, 0.05) is 6.07 Å². The van der Waals surface area contributed by atoms with Gasteiger partial charge in [-0.25, -0.2) is 4.79 Å². The minimum absolute atomic E-state index is 0.0605. The Labute approximate surface area is 119 Å². The maximum atomic E-state index is 12.3. The number of hydrogen-bond donors (Lipinski definition) is 2. The second-order valence-electron chi connectivity index (χ2n) is 4.68. The van der Waals surface area contributed by atoms with E-state index in [2.05, 4.69) is 5.32 Å². The number of carboxylic acids is 1. The number of nitro groups is 1. The number of ether oxygens (including phenoxy) is 1. The van der Waals surface area contributed by atoms with Gasteiger partial charge in [-0.15, -0.1) is 0 Å². The molecule has 0 aromatic heterocycles. The largest absolute Gasteiger partial charge is 0.493 e. The molecular formula is C13H14N2O6. The summed E-state index contributed by atoms with van der Waals surface area (Å²) in [6, 6.07) is 4.02. The first-order chi connectivity index (χ1) is 9.91. The SMILES string of the molecule is CCOc1cccc([N+](=O)[O-])c1C(=O)NC1(C(=O)O)CC1. The van der Waals surface area contributed by atoms with Gasteiger partial charge in [0.15, 0.2) is 5.56 Å². The number of nitro benzene ring substituents is 1. The fourth-order valence-corrected chi connectivity index (χ4v) is 1.97. The molecule has 0 unspecified atom stereocenters. The number of aliphatic carboxylic acids is 1. The lowest BCUT2D eigenvalue weighted by Gasteiger charge is -2.14. The standard InChI is InChI=1S/C13H14N2O6/c1-2-21-9-5-3-4-8(15(19)20)10(9)11(16)14-13(6-7-13)12(17)18/h3-5H,2,6-7H2,1H3,(H,14,16)(H,17,18). The number of carbonyl (C=O) groups is 2. The molecule has 1 aliphatic rings. The molecule has 1 amide bonds. The maximum Gasteiger partial charge on any atom is 0.329 e. The summed E-state index contributed by atoms with van der Waals surface area (Å²) in [4.78, 5) is 33.7. The Balaban J connectivity index is 2.38. The fraction of sp³-hybridized carbons (Fsp3) is 0.385. The molecule has 21 heavy (non-hydrogen) atoms. The summed E-state index contributed by atoms with van der Waals surface area (Å²) in [6.07, 6.45) is 0.608. The zero-order valence-electron chi connectivity index (χ0n) is 11.3. The number of carboxylic acid groups (broad SMARTS) is 1. The molecule has 1 aromatic carbocycles. The van der Waals surface area contributed by atoms with Crippen LogP contribution in [0.15, 0.2) is 18.2 Å². The van der Waals surface area contributed by atoms with Crippen LogP contribution in [0.1, 0.15) is 30.1 Å². The number of amides is 1. The van der Waals surface area contributed by atoms with E-state index in [0.717, 1.165) is 0 Å². The van der Waals surface area contributed by atoms with Gasteiger partial charge in [-0.1, -0.05) is 6.07 Å². The number of carbonyl (C=O) groups excluding carboxylic acids is 1. The summed E-state index contributed by atoms with van der Waals surface area (Å²) >= 11 is 0. The molecule has 0 saturated heterocycles. The van der Waals surface area contributed by atoms with Crippen molar-refractivity contribution in [3.8, 4) is 5.75 Å². The van der Waals surface area contributed by atoms with Gasteiger partial charge in [-0.3, -0.25) is 14.9 Å². The highest BCUT2D eigenvalue weighted by atomic mass is 16.6. The smallest absolute Gasteiger partial charge is 0.329 e. The van der Waals surface area contributed by atoms with Crippen molar-refractivity contribution in [2.75, 3.05) is 6.61 Å². The second-order valence-corrected chi connectivity index (χ2v) is 4.68. The number of nitrogens with zero attached hydrogens (tertiary/aromatic N) is 1.